The highest BCUT2D eigenvalue weighted by molar-refractivity contribution is 7.12. The van der Waals surface area contributed by atoms with Gasteiger partial charge in [0, 0.05) is 75.2 Å². The molecule has 0 aliphatic carbocycles. The third-order valence-corrected chi connectivity index (χ3v) is 10.4. The second-order valence-electron chi connectivity index (χ2n) is 14.4. The van der Waals surface area contributed by atoms with Crippen LogP contribution in [0.15, 0.2) is 42.6 Å². The van der Waals surface area contributed by atoms with Crippen molar-refractivity contribution in [2.45, 2.75) is 58.9 Å². The topological polar surface area (TPSA) is 139 Å². The van der Waals surface area contributed by atoms with Gasteiger partial charge in [-0.3, -0.25) is 14.5 Å². The Kier molecular flexibility index (Phi) is 11.4. The Morgan fingerprint density at radius 1 is 1.02 bits per heavy atom. The van der Waals surface area contributed by atoms with Crippen LogP contribution in [0.25, 0.3) is 11.4 Å². The van der Waals surface area contributed by atoms with E-state index < -0.39 is 35.2 Å². The first-order chi connectivity index (χ1) is 26.0. The van der Waals surface area contributed by atoms with Gasteiger partial charge in [0.1, 0.15) is 11.3 Å². The SMILES string of the molecule is CCN1CCN(Cc2ccc(NC(=O)Cc3ccc(C#Cc4cnc(N)nc4-c4cc5c(n4C)CCN(C(=O)OC(C)(C)C)C5=O)s3)cc2C(F)(F)F)CC1. The zero-order valence-electron chi connectivity index (χ0n) is 31.3. The summed E-state index contributed by atoms with van der Waals surface area (Å²) in [5, 5.41) is 2.62. The molecule has 0 spiro atoms. The number of thiophene rings is 1. The average Bonchev–Trinajstić information content (AvgIpc) is 3.71. The fourth-order valence-electron chi connectivity index (χ4n) is 6.59. The molecule has 3 N–H and O–H groups in total. The second-order valence-corrected chi connectivity index (χ2v) is 15.6. The number of nitrogens with two attached hydrogens (primary N) is 1. The Labute approximate surface area is 321 Å². The van der Waals surface area contributed by atoms with Crippen molar-refractivity contribution in [1.82, 2.24) is 29.2 Å². The van der Waals surface area contributed by atoms with Crippen molar-refractivity contribution in [3.05, 3.63) is 80.3 Å². The fourth-order valence-corrected chi connectivity index (χ4v) is 7.45. The third kappa shape index (κ3) is 9.35. The number of hydrogen-bond donors (Lipinski definition) is 2. The molecule has 0 saturated carbocycles. The minimum Gasteiger partial charge on any atom is -0.443 e. The van der Waals surface area contributed by atoms with E-state index in [1.807, 2.05) is 9.47 Å². The quantitative estimate of drug-likeness (QED) is 0.223. The maximum Gasteiger partial charge on any atom is 0.417 e. The van der Waals surface area contributed by atoms with Crippen molar-refractivity contribution in [3.8, 4) is 23.2 Å². The summed E-state index contributed by atoms with van der Waals surface area (Å²) in [5.41, 5.74) is 7.16. The van der Waals surface area contributed by atoms with Crippen LogP contribution in [0.2, 0.25) is 0 Å². The van der Waals surface area contributed by atoms with Gasteiger partial charge < -0.3 is 25.3 Å². The van der Waals surface area contributed by atoms with Gasteiger partial charge in [0.05, 0.1) is 33.7 Å². The highest BCUT2D eigenvalue weighted by Crippen LogP contribution is 2.35. The van der Waals surface area contributed by atoms with Crippen LogP contribution in [-0.4, -0.2) is 92.0 Å². The Hall–Kier alpha value is -5.24. The van der Waals surface area contributed by atoms with Gasteiger partial charge >= 0.3 is 12.3 Å². The molecule has 12 nitrogen and oxygen atoms in total. The van der Waals surface area contributed by atoms with E-state index >= 15 is 0 Å². The normalized spacial score (nSPS) is 15.3. The number of nitrogens with zero attached hydrogens (tertiary/aromatic N) is 6. The van der Waals surface area contributed by atoms with Gasteiger partial charge in [0.25, 0.3) is 5.91 Å². The number of likely N-dealkylation sites (N-methyl/N-ethyl adjacent to an activating group) is 1. The lowest BCUT2D eigenvalue weighted by atomic mass is 10.0. The van der Waals surface area contributed by atoms with Crippen LogP contribution in [0.1, 0.15) is 70.2 Å². The minimum atomic E-state index is -4.57. The molecule has 1 saturated heterocycles. The Morgan fingerprint density at radius 3 is 2.44 bits per heavy atom. The summed E-state index contributed by atoms with van der Waals surface area (Å²) in [6, 6.07) is 9.11. The van der Waals surface area contributed by atoms with Gasteiger partial charge in [-0.2, -0.15) is 13.2 Å². The number of amides is 3. The zero-order chi connectivity index (χ0) is 39.7. The molecule has 3 aromatic heterocycles. The van der Waals surface area contributed by atoms with Crippen molar-refractivity contribution < 1.29 is 32.3 Å². The number of benzene rings is 1. The summed E-state index contributed by atoms with van der Waals surface area (Å²) >= 11 is 1.27. The van der Waals surface area contributed by atoms with Crippen LogP contribution < -0.4 is 11.1 Å². The molecule has 290 valence electrons. The molecule has 4 aromatic rings. The highest BCUT2D eigenvalue weighted by atomic mass is 32.1. The molecule has 6 rings (SSSR count). The molecule has 1 aromatic carbocycles. The minimum absolute atomic E-state index is 0.00770. The maximum atomic E-state index is 14.1. The molecule has 5 heterocycles. The van der Waals surface area contributed by atoms with Gasteiger partial charge in [-0.25, -0.2) is 19.7 Å². The van der Waals surface area contributed by atoms with E-state index in [9.17, 15) is 27.6 Å². The van der Waals surface area contributed by atoms with Gasteiger partial charge in [-0.1, -0.05) is 24.8 Å². The van der Waals surface area contributed by atoms with E-state index in [0.29, 0.717) is 51.8 Å². The molecule has 0 bridgehead atoms. The van der Waals surface area contributed by atoms with Crippen LogP contribution in [-0.2, 0) is 42.1 Å². The number of hydrogen-bond acceptors (Lipinski definition) is 10. The van der Waals surface area contributed by atoms with Crippen LogP contribution in [0.4, 0.5) is 29.6 Å². The molecule has 0 atom stereocenters. The molecule has 1 fully saturated rings. The van der Waals surface area contributed by atoms with E-state index in [-0.39, 0.29) is 36.7 Å². The van der Waals surface area contributed by atoms with E-state index in [2.05, 4.69) is 38.9 Å². The molecular weight excluding hydrogens is 734 g/mol. The highest BCUT2D eigenvalue weighted by Gasteiger charge is 2.36. The summed E-state index contributed by atoms with van der Waals surface area (Å²) in [6.45, 7) is 11.5. The van der Waals surface area contributed by atoms with E-state index in [4.69, 9.17) is 10.5 Å². The molecule has 0 unspecified atom stereocenters. The Balaban J connectivity index is 1.14. The summed E-state index contributed by atoms with van der Waals surface area (Å²) < 4.78 is 49.6. The summed E-state index contributed by atoms with van der Waals surface area (Å²) in [7, 11) is 1.80. The molecule has 55 heavy (non-hydrogen) atoms. The number of carbonyl (C=O) groups is 3. The number of halogens is 3. The average molecular weight is 777 g/mol. The van der Waals surface area contributed by atoms with Crippen molar-refractivity contribution in [3.63, 3.8) is 0 Å². The fraction of sp³-hybridized carbons (Fsp3) is 0.410. The van der Waals surface area contributed by atoms with Crippen LogP contribution in [0, 0.1) is 11.8 Å². The largest absolute Gasteiger partial charge is 0.443 e. The first-order valence-corrected chi connectivity index (χ1v) is 18.7. The first kappa shape index (κ1) is 39.5. The lowest BCUT2D eigenvalue weighted by Gasteiger charge is -2.34. The number of alkyl halides is 3. The molecule has 0 radical (unpaired) electrons. The Bertz CT molecular complexity index is 2170. The zero-order valence-corrected chi connectivity index (χ0v) is 32.2. The number of nitrogen functional groups attached to an aromatic ring is 1. The van der Waals surface area contributed by atoms with Gasteiger partial charge in [-0.05, 0) is 63.2 Å². The molecule has 16 heteroatoms. The van der Waals surface area contributed by atoms with E-state index in [0.717, 1.165) is 36.3 Å². The van der Waals surface area contributed by atoms with Gasteiger partial charge in [-0.15, -0.1) is 11.3 Å². The predicted molar refractivity (Wildman–Crippen MR) is 203 cm³/mol. The predicted octanol–water partition coefficient (Wildman–Crippen LogP) is 5.80. The number of ether oxygens (including phenoxy) is 1. The molecule has 2 aliphatic heterocycles. The molecule has 3 amide bonds. The summed E-state index contributed by atoms with van der Waals surface area (Å²) in [4.78, 5) is 54.3. The van der Waals surface area contributed by atoms with E-state index in [1.165, 1.54) is 29.7 Å². The van der Waals surface area contributed by atoms with Crippen LogP contribution >= 0.6 is 11.3 Å². The summed E-state index contributed by atoms with van der Waals surface area (Å²) in [6.07, 6.45) is -3.44. The van der Waals surface area contributed by atoms with Gasteiger partial charge in [0.15, 0.2) is 0 Å². The number of nitrogens with one attached hydrogen (secondary N) is 1. The number of piperazine rings is 1. The number of carbonyl (C=O) groups excluding carboxylic acids is 3. The number of fused-ring (bicyclic) bond motifs is 1. The molecule has 2 aliphatic rings. The lowest BCUT2D eigenvalue weighted by molar-refractivity contribution is -0.138. The summed E-state index contributed by atoms with van der Waals surface area (Å²) in [5.74, 6) is 5.23. The standard InChI is InChI=1S/C39H43F3N8O4S/c1-6-48-15-17-49(18-16-48)23-25-7-9-26(19-30(25)39(40,41)42)45-33(51)20-28-12-11-27(55-28)10-8-24-22-44-36(43)46-34(24)32-21-29-31(47(32)5)13-14-50(35(29)52)37(53)54-38(2,3)4/h7,9,11-12,19,21-22H,6,13-18,20,23H2,1-5H3,(H,45,51)(H2,43,44,46). The van der Waals surface area contributed by atoms with Crippen LogP contribution in [0.3, 0.4) is 0 Å². The van der Waals surface area contributed by atoms with Crippen molar-refractivity contribution in [2.24, 2.45) is 7.05 Å². The second kappa shape index (κ2) is 15.9. The number of aromatic nitrogens is 3. The maximum absolute atomic E-state index is 14.1. The van der Waals surface area contributed by atoms with Crippen molar-refractivity contribution in [1.29, 1.82) is 0 Å². The van der Waals surface area contributed by atoms with Crippen LogP contribution in [0.5, 0.6) is 0 Å². The van der Waals surface area contributed by atoms with Gasteiger partial charge in [0.2, 0.25) is 11.9 Å². The number of rotatable bonds is 7. The Morgan fingerprint density at radius 2 is 1.75 bits per heavy atom. The van der Waals surface area contributed by atoms with Crippen molar-refractivity contribution >= 4 is 40.9 Å². The number of imide groups is 1. The number of anilines is 2. The smallest absolute Gasteiger partial charge is 0.417 e. The molecular formula is C39H43F3N8O4S. The van der Waals surface area contributed by atoms with E-state index in [1.54, 1.807) is 46.0 Å². The lowest BCUT2D eigenvalue weighted by Crippen LogP contribution is -2.45. The van der Waals surface area contributed by atoms with Crippen molar-refractivity contribution in [2.75, 3.05) is 50.3 Å². The first-order valence-electron chi connectivity index (χ1n) is 17.9. The third-order valence-electron chi connectivity index (χ3n) is 9.39. The monoisotopic (exact) mass is 776 g/mol.